The van der Waals surface area contributed by atoms with Crippen molar-refractivity contribution in [2.24, 2.45) is 11.1 Å². The van der Waals surface area contributed by atoms with Crippen LogP contribution in [0, 0.1) is 16.2 Å². The summed E-state index contributed by atoms with van der Waals surface area (Å²) in [4.78, 5) is 100. The van der Waals surface area contributed by atoms with Gasteiger partial charge in [-0.25, -0.2) is 44.3 Å². The first-order valence-corrected chi connectivity index (χ1v) is 34.8. The number of nitrogen functional groups attached to an aromatic ring is 2. The molecule has 16 atom stereocenters. The molecule has 6 saturated heterocycles. The molecular weight excluding hydrogens is 1380 g/mol. The summed E-state index contributed by atoms with van der Waals surface area (Å²) in [5.74, 6) is 0.308. The number of carbonyl (C=O) groups excluding carboxylic acids is 6. The molecule has 6 aliphatic rings. The van der Waals surface area contributed by atoms with Gasteiger partial charge in [-0.2, -0.15) is 9.59 Å². The van der Waals surface area contributed by atoms with Gasteiger partial charge in [-0.15, -0.1) is 0 Å². The van der Waals surface area contributed by atoms with Gasteiger partial charge in [-0.05, 0) is 71.4 Å². The number of alkyl carbamates (subject to hydrolysis) is 1. The Kier molecular flexibility index (Phi) is 29.3. The van der Waals surface area contributed by atoms with Gasteiger partial charge >= 0.3 is 24.3 Å². The first kappa shape index (κ1) is 82.4. The fraction of sp³-hybridized carbons (Fsp3) is 0.730. The molecule has 10 rings (SSSR count). The normalized spacial score (nSPS) is 27.1. The number of anilines is 2. The van der Waals surface area contributed by atoms with Gasteiger partial charge in [0.2, 0.25) is 11.9 Å². The van der Waals surface area contributed by atoms with E-state index in [1.165, 1.54) is 39.7 Å². The Hall–Kier alpha value is -8.30. The maximum atomic E-state index is 12.8. The summed E-state index contributed by atoms with van der Waals surface area (Å²) in [7, 11) is 0. The number of aromatic nitrogens is 8. The molecule has 0 aromatic carbocycles. The van der Waals surface area contributed by atoms with Crippen LogP contribution in [0.15, 0.2) is 25.3 Å². The highest BCUT2D eigenvalue weighted by Gasteiger charge is 2.48. The van der Waals surface area contributed by atoms with Crippen molar-refractivity contribution in [2.75, 3.05) is 90.4 Å². The number of fused-ring (bicyclic) bond motifs is 2. The number of aliphatic hydroxyl groups excluding tert-OH is 8. The van der Waals surface area contributed by atoms with E-state index in [1.54, 1.807) is 14.4 Å². The van der Waals surface area contributed by atoms with Crippen LogP contribution in [0.1, 0.15) is 118 Å². The Morgan fingerprint density at radius 2 is 1.09 bits per heavy atom. The molecule has 42 nitrogen and oxygen atoms in total. The molecular formula is C63H102N22O20. The Morgan fingerprint density at radius 1 is 0.657 bits per heavy atom. The standard InChI is InChI=1S/C35H59N11O9.C27H43N11O9.CO2/c1-34(2,3)23(41-33(52)55-35(4,5)6)10-13-43(15-21-26(49)27(50)30(54-21)45-18-40-25-28(36)38-17-39-29(25)45)11-8-7-9-12-44-19-46(32(51)42-31(44)37)24-14-20(48)22(16-47)53-24;28-18(45-14-40)4-7-35(9-16-21(42)22(43)25(47-16)37-12-33-20-23(29)31-11-32-24(20)37)5-2-1-3-6-36-13-38(27(44)34-26(36)30)19-8-15(41)17(10-39)46-19;2-1-3/h17-18,20-24,26-27,30,47-50H,7-16,19H2,1-6H3,(H,41,52)(H2,36,38,39)(H2,37,42,51);11-12,14-19,21-22,25,39,41-43H,1-10,13,28H2,(H2,29,31,32)(H2,30,34,44);/t20-,21+,22+,23-,24+,26+,27+,30+;15-,16+,17+,18+,19+,21+,22+,25+;/m00./s1. The summed E-state index contributed by atoms with van der Waals surface area (Å²) < 4.78 is 37.1. The number of unbranched alkanes of at least 4 members (excludes halogenated alkanes) is 4. The number of urea groups is 2. The lowest BCUT2D eigenvalue weighted by Crippen LogP contribution is -2.62. The molecule has 584 valence electrons. The van der Waals surface area contributed by atoms with Crippen LogP contribution in [0.25, 0.3) is 22.3 Å². The van der Waals surface area contributed by atoms with Crippen molar-refractivity contribution >= 4 is 76.7 Å². The number of rotatable bonds is 31. The van der Waals surface area contributed by atoms with Crippen LogP contribution in [0.5, 0.6) is 0 Å². The third kappa shape index (κ3) is 21.5. The van der Waals surface area contributed by atoms with Gasteiger partial charge in [0, 0.05) is 64.6 Å². The number of carbonyl (C=O) groups is 4. The van der Waals surface area contributed by atoms with Crippen molar-refractivity contribution in [3.8, 4) is 0 Å². The van der Waals surface area contributed by atoms with E-state index in [9.17, 15) is 60.0 Å². The molecule has 4 aromatic heterocycles. The largest absolute Gasteiger partial charge is 0.449 e. The monoisotopic (exact) mass is 1490 g/mol. The molecule has 0 unspecified atom stereocenters. The molecule has 42 heteroatoms. The van der Waals surface area contributed by atoms with Gasteiger partial charge < -0.3 is 106 Å². The second-order valence-electron chi connectivity index (χ2n) is 28.5. The van der Waals surface area contributed by atoms with E-state index in [0.717, 1.165) is 19.3 Å². The maximum Gasteiger partial charge on any atom is 0.407 e. The number of guanidine groups is 2. The molecule has 105 heavy (non-hydrogen) atoms. The highest BCUT2D eigenvalue weighted by molar-refractivity contribution is 5.97. The zero-order chi connectivity index (χ0) is 76.6. The summed E-state index contributed by atoms with van der Waals surface area (Å²) in [6.07, 6.45) is -3.28. The van der Waals surface area contributed by atoms with Crippen LogP contribution in [0.3, 0.4) is 0 Å². The Balaban J connectivity index is 0.000000259. The number of amides is 5. The molecule has 0 aliphatic carbocycles. The van der Waals surface area contributed by atoms with E-state index >= 15 is 0 Å². The van der Waals surface area contributed by atoms with Crippen LogP contribution in [-0.2, 0) is 42.8 Å². The molecule has 6 aliphatic heterocycles. The number of hydrogen-bond acceptors (Lipinski definition) is 33. The molecule has 6 fully saturated rings. The third-order valence-electron chi connectivity index (χ3n) is 18.8. The van der Waals surface area contributed by atoms with Gasteiger partial charge in [0.25, 0.3) is 6.47 Å². The predicted molar refractivity (Wildman–Crippen MR) is 366 cm³/mol. The van der Waals surface area contributed by atoms with Gasteiger partial charge in [0.1, 0.15) is 104 Å². The lowest BCUT2D eigenvalue weighted by atomic mass is 9.84. The zero-order valence-electron chi connectivity index (χ0n) is 59.7. The fourth-order valence-corrected chi connectivity index (χ4v) is 13.1. The average Bonchev–Trinajstić information content (AvgIpc) is 1.64. The number of nitrogens with two attached hydrogens (primary N) is 3. The zero-order valence-corrected chi connectivity index (χ0v) is 59.7. The number of ether oxygens (including phenoxy) is 6. The number of imidazole rings is 2. The number of nitrogens with zero attached hydrogens (tertiary/aromatic N) is 14. The molecule has 0 spiro atoms. The minimum absolute atomic E-state index is 0.0221. The number of nitrogens with one attached hydrogen (secondary N) is 5. The van der Waals surface area contributed by atoms with Crippen molar-refractivity contribution < 1.29 is 98.0 Å². The highest BCUT2D eigenvalue weighted by atomic mass is 16.6. The first-order valence-electron chi connectivity index (χ1n) is 34.8. The van der Waals surface area contributed by atoms with Gasteiger partial charge in [0.15, 0.2) is 41.6 Å². The highest BCUT2D eigenvalue weighted by Crippen LogP contribution is 2.36. The van der Waals surface area contributed by atoms with Crippen molar-refractivity contribution in [2.45, 2.75) is 210 Å². The molecule has 19 N–H and O–H groups in total. The van der Waals surface area contributed by atoms with Crippen molar-refractivity contribution in [3.05, 3.63) is 25.3 Å². The molecule has 0 saturated carbocycles. The van der Waals surface area contributed by atoms with E-state index in [-0.39, 0.29) is 93.6 Å². The van der Waals surface area contributed by atoms with E-state index in [0.29, 0.717) is 100 Å². The molecule has 0 radical (unpaired) electrons. The molecule has 5 amide bonds. The number of hydrogen-bond donors (Lipinski definition) is 16. The summed E-state index contributed by atoms with van der Waals surface area (Å²) in [6, 6.07) is -1.25. The lowest BCUT2D eigenvalue weighted by molar-refractivity contribution is -0.191. The minimum atomic E-state index is -1.27. The van der Waals surface area contributed by atoms with Crippen LogP contribution in [-0.4, -0.2) is 322 Å². The van der Waals surface area contributed by atoms with Crippen LogP contribution >= 0.6 is 0 Å². The van der Waals surface area contributed by atoms with Gasteiger partial charge in [0.05, 0.1) is 38.1 Å². The van der Waals surface area contributed by atoms with E-state index in [1.807, 2.05) is 46.4 Å². The Morgan fingerprint density at radius 3 is 1.48 bits per heavy atom. The fourth-order valence-electron chi connectivity index (χ4n) is 13.1. The minimum Gasteiger partial charge on any atom is -0.449 e. The second-order valence-corrected chi connectivity index (χ2v) is 28.5. The van der Waals surface area contributed by atoms with E-state index in [4.69, 9.17) is 66.0 Å². The Bertz CT molecular complexity index is 3560. The molecule has 4 aromatic rings. The molecule has 10 heterocycles. The van der Waals surface area contributed by atoms with Gasteiger partial charge in [-0.3, -0.25) is 50.9 Å². The smallest absolute Gasteiger partial charge is 0.407 e. The maximum absolute atomic E-state index is 12.8. The van der Waals surface area contributed by atoms with Crippen LogP contribution < -0.4 is 33.2 Å². The Labute approximate surface area is 604 Å². The summed E-state index contributed by atoms with van der Waals surface area (Å²) in [5, 5.41) is 108. The lowest BCUT2D eigenvalue weighted by Gasteiger charge is -2.39. The summed E-state index contributed by atoms with van der Waals surface area (Å²) >= 11 is 0. The van der Waals surface area contributed by atoms with Crippen LogP contribution in [0.4, 0.5) is 26.0 Å². The van der Waals surface area contributed by atoms with E-state index in [2.05, 4.69) is 50.8 Å². The van der Waals surface area contributed by atoms with Crippen molar-refractivity contribution in [3.63, 3.8) is 0 Å². The average molecular weight is 1490 g/mol. The summed E-state index contributed by atoms with van der Waals surface area (Å²) in [5.41, 5.74) is 18.2. The predicted octanol–water partition coefficient (Wildman–Crippen LogP) is -3.03. The quantitative estimate of drug-likeness (QED) is 0.0135. The second kappa shape index (κ2) is 37.3. The number of aliphatic hydroxyl groups is 8. The van der Waals surface area contributed by atoms with Crippen LogP contribution in [0.2, 0.25) is 0 Å². The van der Waals surface area contributed by atoms with Crippen molar-refractivity contribution in [1.29, 1.82) is 10.8 Å². The molecule has 0 bridgehead atoms. The van der Waals surface area contributed by atoms with E-state index < -0.39 is 116 Å². The SMILES string of the molecule is CC(C)(C)OC(=O)N[C@@H](CCN(CCCCCN1CN([C@H]2C[C@H](O)[C@@H](CO)O2)C(=O)NC1=N)C[C@H]1O[C@@H](n2cnc3c(N)ncnc32)[C@H](O)[C@@H]1O)C(C)(C)C.N=C1NC(=O)N([C@H]2C[C@H](O)[C@@H](CO)O2)CN1CCCCCN(CC[C@H](N)OC=O)C[C@H]1O[C@@H](n2cnc3c(N)ncnc32)[C@H](O)[C@@H]1O.O=C=O. The van der Waals surface area contributed by atoms with Crippen molar-refractivity contribution in [1.82, 2.24) is 84.4 Å². The first-order chi connectivity index (χ1) is 49.9. The summed E-state index contributed by atoms with van der Waals surface area (Å²) in [6.45, 7) is 14.9. The topological polar surface area (TPSA) is 588 Å². The third-order valence-corrected chi connectivity index (χ3v) is 18.8. The van der Waals surface area contributed by atoms with Gasteiger partial charge in [-0.1, -0.05) is 33.6 Å².